The summed E-state index contributed by atoms with van der Waals surface area (Å²) in [6, 6.07) is 7.30. The number of aromatic nitrogens is 2. The summed E-state index contributed by atoms with van der Waals surface area (Å²) in [5.74, 6) is 0. The molecule has 0 bridgehead atoms. The van der Waals surface area contributed by atoms with Crippen molar-refractivity contribution >= 4 is 15.9 Å². The van der Waals surface area contributed by atoms with Crippen LogP contribution in [-0.2, 0) is 6.54 Å². The Bertz CT molecular complexity index is 558. The van der Waals surface area contributed by atoms with Gasteiger partial charge >= 0.3 is 0 Å². The first-order valence-corrected chi connectivity index (χ1v) is 7.05. The molecule has 3 rings (SSSR count). The van der Waals surface area contributed by atoms with E-state index in [0.29, 0.717) is 0 Å². The minimum atomic E-state index is 0.757. The zero-order valence-electron chi connectivity index (χ0n) is 10.4. The first-order valence-electron chi connectivity index (χ1n) is 6.26. The molecule has 0 amide bonds. The molecule has 2 aromatic rings. The van der Waals surface area contributed by atoms with Crippen LogP contribution >= 0.6 is 15.9 Å². The predicted molar refractivity (Wildman–Crippen MR) is 75.9 cm³/mol. The van der Waals surface area contributed by atoms with Crippen LogP contribution in [0.3, 0.4) is 0 Å². The van der Waals surface area contributed by atoms with Crippen LogP contribution in [0.1, 0.15) is 24.0 Å². The van der Waals surface area contributed by atoms with Crippen molar-refractivity contribution in [1.82, 2.24) is 15.1 Å². The molecule has 18 heavy (non-hydrogen) atoms. The highest BCUT2D eigenvalue weighted by molar-refractivity contribution is 9.10. The van der Waals surface area contributed by atoms with Gasteiger partial charge in [0.15, 0.2) is 0 Å². The summed E-state index contributed by atoms with van der Waals surface area (Å²) < 4.78 is 2.90. The normalized spacial score (nSPS) is 15.0. The highest BCUT2D eigenvalue weighted by atomic mass is 79.9. The van der Waals surface area contributed by atoms with Gasteiger partial charge < -0.3 is 5.32 Å². The molecule has 3 nitrogen and oxygen atoms in total. The number of nitrogens with zero attached hydrogens (tertiary/aromatic N) is 2. The lowest BCUT2D eigenvalue weighted by Crippen LogP contribution is -2.15. The summed E-state index contributed by atoms with van der Waals surface area (Å²) in [4.78, 5) is 0. The fourth-order valence-electron chi connectivity index (χ4n) is 2.07. The lowest BCUT2D eigenvalue weighted by atomic mass is 10.1. The van der Waals surface area contributed by atoms with Gasteiger partial charge in [0, 0.05) is 18.8 Å². The minimum absolute atomic E-state index is 0.757. The van der Waals surface area contributed by atoms with E-state index in [1.807, 2.05) is 17.1 Å². The molecule has 1 aromatic carbocycles. The lowest BCUT2D eigenvalue weighted by Gasteiger charge is -2.09. The van der Waals surface area contributed by atoms with Gasteiger partial charge in [0.2, 0.25) is 0 Å². The number of hydrogen-bond donors (Lipinski definition) is 1. The third kappa shape index (κ3) is 2.65. The number of rotatable bonds is 4. The first kappa shape index (κ1) is 11.9. The Morgan fingerprint density at radius 1 is 1.44 bits per heavy atom. The number of benzene rings is 1. The highest BCUT2D eigenvalue weighted by Crippen LogP contribution is 2.21. The van der Waals surface area contributed by atoms with E-state index < -0.39 is 0 Å². The molecular formula is C14H16BrN3. The van der Waals surface area contributed by atoms with Crippen molar-refractivity contribution in [2.45, 2.75) is 32.4 Å². The smallest absolute Gasteiger partial charge is 0.0675 e. The van der Waals surface area contributed by atoms with Gasteiger partial charge in [-0.2, -0.15) is 5.10 Å². The van der Waals surface area contributed by atoms with Crippen LogP contribution in [0.15, 0.2) is 35.1 Å². The van der Waals surface area contributed by atoms with E-state index in [-0.39, 0.29) is 0 Å². The van der Waals surface area contributed by atoms with Crippen molar-refractivity contribution in [2.24, 2.45) is 0 Å². The van der Waals surface area contributed by atoms with Gasteiger partial charge in [0.25, 0.3) is 0 Å². The topological polar surface area (TPSA) is 29.9 Å². The maximum absolute atomic E-state index is 4.31. The van der Waals surface area contributed by atoms with Crippen LogP contribution in [0.5, 0.6) is 0 Å². The number of aryl methyl sites for hydroxylation is 1. The molecule has 1 N–H and O–H groups in total. The van der Waals surface area contributed by atoms with Crippen molar-refractivity contribution in [2.75, 3.05) is 0 Å². The summed E-state index contributed by atoms with van der Waals surface area (Å²) in [7, 11) is 0. The van der Waals surface area contributed by atoms with Crippen molar-refractivity contribution < 1.29 is 0 Å². The van der Waals surface area contributed by atoms with Gasteiger partial charge in [-0.25, -0.2) is 4.68 Å². The highest BCUT2D eigenvalue weighted by Gasteiger charge is 2.19. The van der Waals surface area contributed by atoms with Gasteiger partial charge in [-0.15, -0.1) is 0 Å². The minimum Gasteiger partial charge on any atom is -0.310 e. The molecule has 0 spiro atoms. The summed E-state index contributed by atoms with van der Waals surface area (Å²) in [5, 5.41) is 7.85. The second-order valence-corrected chi connectivity index (χ2v) is 5.79. The quantitative estimate of drug-likeness (QED) is 0.940. The maximum atomic E-state index is 4.31. The Balaban J connectivity index is 1.79. The summed E-state index contributed by atoms with van der Waals surface area (Å²) in [6.45, 7) is 3.10. The monoisotopic (exact) mass is 305 g/mol. The average Bonchev–Trinajstić information content (AvgIpc) is 3.09. The fourth-order valence-corrected chi connectivity index (χ4v) is 2.35. The molecule has 1 aromatic heterocycles. The SMILES string of the molecule is Cc1cc(CNC2CC2)ccc1-n1cc(Br)cn1. The molecule has 0 unspecified atom stereocenters. The van der Waals surface area contributed by atoms with Gasteiger partial charge in [-0.3, -0.25) is 0 Å². The van der Waals surface area contributed by atoms with E-state index in [9.17, 15) is 0 Å². The Morgan fingerprint density at radius 3 is 2.89 bits per heavy atom. The van der Waals surface area contributed by atoms with Gasteiger partial charge in [0.05, 0.1) is 16.4 Å². The second-order valence-electron chi connectivity index (χ2n) is 4.88. The molecule has 94 valence electrons. The van der Waals surface area contributed by atoms with Gasteiger partial charge in [-0.1, -0.05) is 12.1 Å². The van der Waals surface area contributed by atoms with Crippen LogP contribution in [0.4, 0.5) is 0 Å². The van der Waals surface area contributed by atoms with Crippen molar-refractivity contribution in [3.05, 3.63) is 46.2 Å². The molecule has 1 aliphatic carbocycles. The van der Waals surface area contributed by atoms with Crippen molar-refractivity contribution in [3.8, 4) is 5.69 Å². The van der Waals surface area contributed by atoms with Crippen LogP contribution in [0.25, 0.3) is 5.69 Å². The Labute approximate surface area is 115 Å². The van der Waals surface area contributed by atoms with Crippen LogP contribution < -0.4 is 5.32 Å². The molecule has 0 saturated heterocycles. The van der Waals surface area contributed by atoms with E-state index >= 15 is 0 Å². The zero-order valence-corrected chi connectivity index (χ0v) is 11.9. The Morgan fingerprint density at radius 2 is 2.28 bits per heavy atom. The van der Waals surface area contributed by atoms with E-state index in [1.54, 1.807) is 0 Å². The van der Waals surface area contributed by atoms with Crippen molar-refractivity contribution in [3.63, 3.8) is 0 Å². The van der Waals surface area contributed by atoms with Gasteiger partial charge in [0.1, 0.15) is 0 Å². The van der Waals surface area contributed by atoms with Crippen LogP contribution in [-0.4, -0.2) is 15.8 Å². The van der Waals surface area contributed by atoms with E-state index in [4.69, 9.17) is 0 Å². The van der Waals surface area contributed by atoms with Crippen LogP contribution in [0, 0.1) is 6.92 Å². The summed E-state index contributed by atoms with van der Waals surface area (Å²) >= 11 is 3.42. The molecule has 4 heteroatoms. The lowest BCUT2D eigenvalue weighted by molar-refractivity contribution is 0.687. The maximum Gasteiger partial charge on any atom is 0.0675 e. The largest absolute Gasteiger partial charge is 0.310 e. The van der Waals surface area contributed by atoms with E-state index in [2.05, 4.69) is 51.5 Å². The third-order valence-electron chi connectivity index (χ3n) is 3.23. The zero-order chi connectivity index (χ0) is 12.5. The summed E-state index contributed by atoms with van der Waals surface area (Å²) in [5.41, 5.74) is 3.73. The average molecular weight is 306 g/mol. The molecular weight excluding hydrogens is 290 g/mol. The number of nitrogens with one attached hydrogen (secondary N) is 1. The predicted octanol–water partition coefficient (Wildman–Crippen LogP) is 3.20. The molecule has 1 fully saturated rings. The second kappa shape index (κ2) is 4.86. The standard InChI is InChI=1S/C14H16BrN3/c1-10-6-11(7-16-13-3-4-13)2-5-14(10)18-9-12(15)8-17-18/h2,5-6,8-9,13,16H,3-4,7H2,1H3. The Hall–Kier alpha value is -1.13. The molecule has 0 aliphatic heterocycles. The van der Waals surface area contributed by atoms with Gasteiger partial charge in [-0.05, 0) is 52.9 Å². The van der Waals surface area contributed by atoms with Crippen molar-refractivity contribution in [1.29, 1.82) is 0 Å². The molecule has 0 atom stereocenters. The summed E-state index contributed by atoms with van der Waals surface area (Å²) in [6.07, 6.45) is 6.45. The molecule has 1 heterocycles. The number of hydrogen-bond acceptors (Lipinski definition) is 2. The molecule has 0 radical (unpaired) electrons. The first-order chi connectivity index (χ1) is 8.72. The molecule has 1 saturated carbocycles. The fraction of sp³-hybridized carbons (Fsp3) is 0.357. The number of halogens is 1. The molecule has 1 aliphatic rings. The Kier molecular flexibility index (Phi) is 3.22. The van der Waals surface area contributed by atoms with E-state index in [0.717, 1.165) is 22.7 Å². The van der Waals surface area contributed by atoms with Crippen LogP contribution in [0.2, 0.25) is 0 Å². The van der Waals surface area contributed by atoms with E-state index in [1.165, 1.54) is 24.0 Å². The third-order valence-corrected chi connectivity index (χ3v) is 3.64.